The predicted octanol–water partition coefficient (Wildman–Crippen LogP) is 6.99. The van der Waals surface area contributed by atoms with Crippen molar-refractivity contribution in [2.45, 2.75) is 102 Å². The lowest BCUT2D eigenvalue weighted by atomic mass is 9.62. The lowest BCUT2D eigenvalue weighted by molar-refractivity contribution is -0.135. The van der Waals surface area contributed by atoms with Crippen molar-refractivity contribution in [1.82, 2.24) is 30.4 Å². The molecule has 3 N–H and O–H groups in total. The van der Waals surface area contributed by atoms with Gasteiger partial charge in [-0.1, -0.05) is 70.9 Å². The second kappa shape index (κ2) is 18.4. The summed E-state index contributed by atoms with van der Waals surface area (Å²) in [7, 11) is 2.95. The number of ether oxygens (including phenoxy) is 2. The number of fused-ring (bicyclic) bond motifs is 2. The van der Waals surface area contributed by atoms with Crippen LogP contribution in [0.2, 0.25) is 0 Å². The summed E-state index contributed by atoms with van der Waals surface area (Å²) >= 11 is 3.47. The van der Waals surface area contributed by atoms with Crippen LogP contribution in [0.1, 0.15) is 89.4 Å². The van der Waals surface area contributed by atoms with Crippen LogP contribution in [0.5, 0.6) is 0 Å². The zero-order valence-corrected chi connectivity index (χ0v) is 37.5. The largest absolute Gasteiger partial charge is 0.453 e. The number of rotatable bonds is 13. The number of thioether (sulfide) groups is 2. The van der Waals surface area contributed by atoms with E-state index in [1.54, 1.807) is 30.6 Å². The molecule has 1 aromatic carbocycles. The summed E-state index contributed by atoms with van der Waals surface area (Å²) in [6.07, 6.45) is 14.0. The van der Waals surface area contributed by atoms with Crippen LogP contribution in [-0.2, 0) is 19.1 Å². The number of benzene rings is 1. The lowest BCUT2D eigenvalue weighted by Gasteiger charge is -2.41. The van der Waals surface area contributed by atoms with Crippen molar-refractivity contribution in [3.05, 3.63) is 47.9 Å². The van der Waals surface area contributed by atoms with Crippen LogP contribution >= 0.6 is 23.5 Å². The highest BCUT2D eigenvalue weighted by atomic mass is 32.2. The molecule has 1 spiro atoms. The minimum Gasteiger partial charge on any atom is -0.453 e. The summed E-state index contributed by atoms with van der Waals surface area (Å²) in [5.41, 5.74) is 6.20. The number of H-pyrrole nitrogens is 1. The van der Waals surface area contributed by atoms with Gasteiger partial charge in [0.2, 0.25) is 11.8 Å². The molecule has 2 saturated carbocycles. The Balaban J connectivity index is 0.992. The van der Waals surface area contributed by atoms with Gasteiger partial charge in [0.15, 0.2) is 6.17 Å². The molecule has 4 heterocycles. The molecule has 15 heteroatoms. The van der Waals surface area contributed by atoms with Crippen molar-refractivity contribution in [3.63, 3.8) is 0 Å². The molecule has 6 aliphatic rings. The van der Waals surface area contributed by atoms with E-state index in [-0.39, 0.29) is 46.6 Å². The highest BCUT2D eigenvalue weighted by Gasteiger charge is 2.55. The van der Waals surface area contributed by atoms with Gasteiger partial charge in [-0.3, -0.25) is 24.9 Å². The molecular formula is C45H62N8O5S2. The number of hydrogen-bond donors (Lipinski definition) is 3. The van der Waals surface area contributed by atoms with E-state index in [2.05, 4.69) is 59.8 Å². The van der Waals surface area contributed by atoms with Gasteiger partial charge in [-0.15, -0.1) is 23.5 Å². The molecule has 8 atom stereocenters. The van der Waals surface area contributed by atoms with E-state index in [1.165, 1.54) is 56.8 Å². The zero-order chi connectivity index (χ0) is 42.1. The second-order valence-corrected chi connectivity index (χ2v) is 20.4. The Labute approximate surface area is 363 Å². The Morgan fingerprint density at radius 2 is 1.63 bits per heavy atom. The van der Waals surface area contributed by atoms with Gasteiger partial charge in [-0.05, 0) is 77.9 Å². The van der Waals surface area contributed by atoms with Crippen molar-refractivity contribution in [2.24, 2.45) is 45.0 Å². The topological polar surface area (TPSA) is 154 Å². The van der Waals surface area contributed by atoms with E-state index < -0.39 is 12.1 Å². The van der Waals surface area contributed by atoms with Crippen LogP contribution in [0.3, 0.4) is 0 Å². The number of aromatic amines is 1. The molecule has 13 nitrogen and oxygen atoms in total. The molecule has 0 radical (unpaired) electrons. The Hall–Kier alpha value is -3.66. The number of imidazole rings is 1. The first-order chi connectivity index (χ1) is 29.0. The molecule has 3 aliphatic carbocycles. The first-order valence-electron chi connectivity index (χ1n) is 21.9. The summed E-state index contributed by atoms with van der Waals surface area (Å²) in [4.78, 5) is 62.1. The molecule has 3 amide bonds. The Morgan fingerprint density at radius 3 is 2.35 bits per heavy atom. The Kier molecular flexibility index (Phi) is 13.2. The number of nitrogens with zero attached hydrogens (tertiary/aromatic N) is 5. The van der Waals surface area contributed by atoms with E-state index in [4.69, 9.17) is 24.4 Å². The minimum atomic E-state index is -0.673. The first kappa shape index (κ1) is 43.0. The standard InChI is InChI=1S/C45H62N8O5S2/c1-26(2)36(48-25-57-5)40(54)52-19-21-59-42(52)38-46-23-33(49-38)29-11-9-28(10-12-29)30-13-14-31(32-15-18-45(35(30)32)16-7-8-17-45)34-24-47-39(50-34)43-53(20-22-60-43)41(55)37(27(3)4)51-44(56)58-6/h9-13,23-24,26-27,31-32,35-37,39,42-43,48H,7-8,14-22,25H2,1-6H3,(H,46,49)(H,51,56). The Morgan fingerprint density at radius 1 is 0.933 bits per heavy atom. The van der Waals surface area contributed by atoms with Crippen LogP contribution in [0.4, 0.5) is 4.79 Å². The molecule has 324 valence electrons. The van der Waals surface area contributed by atoms with Gasteiger partial charge in [-0.2, -0.15) is 0 Å². The number of nitrogens with one attached hydrogen (secondary N) is 3. The summed E-state index contributed by atoms with van der Waals surface area (Å²) in [5.74, 6) is 3.74. The van der Waals surface area contributed by atoms with E-state index in [0.29, 0.717) is 43.0 Å². The van der Waals surface area contributed by atoms with Crippen LogP contribution in [0, 0.1) is 35.0 Å². The summed E-state index contributed by atoms with van der Waals surface area (Å²) in [6, 6.07) is 8.03. The number of hydrogen-bond acceptors (Lipinski definition) is 11. The average Bonchev–Trinajstić information content (AvgIpc) is 4.11. The van der Waals surface area contributed by atoms with E-state index >= 15 is 0 Å². The molecule has 2 saturated heterocycles. The summed E-state index contributed by atoms with van der Waals surface area (Å²) in [6.45, 7) is 9.61. The number of allylic oxidation sites excluding steroid dienone is 2. The number of carbonyl (C=O) groups excluding carboxylic acids is 3. The fraction of sp³-hybridized carbons (Fsp3) is 0.644. The maximum Gasteiger partial charge on any atom is 0.407 e. The molecular weight excluding hydrogens is 797 g/mol. The maximum atomic E-state index is 13.8. The fourth-order valence-corrected chi connectivity index (χ4v) is 13.4. The Bertz CT molecular complexity index is 1980. The maximum absolute atomic E-state index is 13.8. The van der Waals surface area contributed by atoms with Gasteiger partial charge in [0.05, 0.1) is 37.5 Å². The molecule has 8 unspecified atom stereocenters. The zero-order valence-electron chi connectivity index (χ0n) is 35.9. The third-order valence-corrected chi connectivity index (χ3v) is 16.4. The highest BCUT2D eigenvalue weighted by Crippen LogP contribution is 2.64. The van der Waals surface area contributed by atoms with Crippen LogP contribution in [0.15, 0.2) is 46.5 Å². The predicted molar refractivity (Wildman–Crippen MR) is 240 cm³/mol. The molecule has 1 aromatic heterocycles. The molecule has 4 fully saturated rings. The molecule has 3 aliphatic heterocycles. The van der Waals surface area contributed by atoms with Crippen molar-refractivity contribution < 1.29 is 23.9 Å². The van der Waals surface area contributed by atoms with Crippen molar-refractivity contribution >= 4 is 58.9 Å². The normalized spacial score (nSPS) is 28.1. The lowest BCUT2D eigenvalue weighted by Crippen LogP contribution is -2.53. The second-order valence-electron chi connectivity index (χ2n) is 18.0. The number of methoxy groups -OCH3 is 2. The van der Waals surface area contributed by atoms with Gasteiger partial charge in [0, 0.05) is 43.8 Å². The first-order valence-corrected chi connectivity index (χ1v) is 24.0. The third kappa shape index (κ3) is 8.32. The smallest absolute Gasteiger partial charge is 0.407 e. The average molecular weight is 859 g/mol. The van der Waals surface area contributed by atoms with E-state index in [1.807, 2.05) is 36.1 Å². The van der Waals surface area contributed by atoms with E-state index in [9.17, 15) is 14.4 Å². The summed E-state index contributed by atoms with van der Waals surface area (Å²) in [5, 5.41) is 5.65. The number of alkyl carbamates (subject to hydrolysis) is 1. The van der Waals surface area contributed by atoms with Crippen LogP contribution in [0.25, 0.3) is 16.8 Å². The molecule has 0 bridgehead atoms. The fourth-order valence-electron chi connectivity index (χ4n) is 10.9. The van der Waals surface area contributed by atoms with Crippen molar-refractivity contribution in [3.8, 4) is 11.3 Å². The molecule has 2 aromatic rings. The SMILES string of the molecule is COCNC(C(=O)N1CCSC1c1ncc(-c2ccc(C3=CCC(C4=NC(C5SCCN5C(=O)C(NC(=O)OC)C(C)C)N=C4)C4CCC5(CCCC5)C34)cc2)[nH]1)C(C)C. The van der Waals surface area contributed by atoms with E-state index in [0.717, 1.165) is 40.7 Å². The molecule has 8 rings (SSSR count). The highest BCUT2D eigenvalue weighted by molar-refractivity contribution is 8.00. The molecule has 60 heavy (non-hydrogen) atoms. The van der Waals surface area contributed by atoms with Gasteiger partial charge >= 0.3 is 6.09 Å². The van der Waals surface area contributed by atoms with Crippen LogP contribution in [-0.4, -0.2) is 119 Å². The van der Waals surface area contributed by atoms with Crippen LogP contribution < -0.4 is 10.6 Å². The van der Waals surface area contributed by atoms with Gasteiger partial charge in [0.1, 0.15) is 22.6 Å². The third-order valence-electron chi connectivity index (χ3n) is 13.9. The number of carbonyl (C=O) groups is 3. The number of amides is 3. The van der Waals surface area contributed by atoms with Crippen molar-refractivity contribution in [2.75, 3.05) is 45.5 Å². The van der Waals surface area contributed by atoms with Gasteiger partial charge < -0.3 is 29.6 Å². The number of aromatic nitrogens is 2. The van der Waals surface area contributed by atoms with Gasteiger partial charge in [0.25, 0.3) is 0 Å². The quantitative estimate of drug-likeness (QED) is 0.181. The monoisotopic (exact) mass is 858 g/mol. The minimum absolute atomic E-state index is 0.0808. The number of aliphatic imine (C=N–C) groups is 2. The van der Waals surface area contributed by atoms with Gasteiger partial charge in [-0.25, -0.2) is 9.78 Å². The van der Waals surface area contributed by atoms with Crippen molar-refractivity contribution in [1.29, 1.82) is 0 Å². The summed E-state index contributed by atoms with van der Waals surface area (Å²) < 4.78 is 10.1.